The van der Waals surface area contributed by atoms with E-state index in [0.29, 0.717) is 11.7 Å². The van der Waals surface area contributed by atoms with Gasteiger partial charge < -0.3 is 19.5 Å². The second-order valence-electron chi connectivity index (χ2n) is 8.57. The van der Waals surface area contributed by atoms with Crippen molar-refractivity contribution < 1.29 is 9.53 Å². The van der Waals surface area contributed by atoms with Crippen LogP contribution in [0.2, 0.25) is 0 Å². The van der Waals surface area contributed by atoms with Crippen LogP contribution in [-0.4, -0.2) is 38.7 Å². The van der Waals surface area contributed by atoms with E-state index >= 15 is 0 Å². The third-order valence-electron chi connectivity index (χ3n) is 6.06. The van der Waals surface area contributed by atoms with Gasteiger partial charge in [0.25, 0.3) is 0 Å². The third kappa shape index (κ3) is 4.50. The third-order valence-corrected chi connectivity index (χ3v) is 6.41. The molecule has 1 aliphatic heterocycles. The number of hydrogen-bond acceptors (Lipinski definition) is 4. The van der Waals surface area contributed by atoms with Crippen LogP contribution < -0.4 is 5.32 Å². The van der Waals surface area contributed by atoms with Gasteiger partial charge in [-0.3, -0.25) is 9.78 Å². The molecule has 0 bridgehead atoms. The molecule has 7 heteroatoms. The number of benzene rings is 1. The molecule has 6 nitrogen and oxygen atoms in total. The van der Waals surface area contributed by atoms with Crippen molar-refractivity contribution in [3.8, 4) is 5.69 Å². The first-order valence-corrected chi connectivity index (χ1v) is 11.6. The number of ether oxygens (including phenoxy) is 1. The van der Waals surface area contributed by atoms with Gasteiger partial charge in [-0.1, -0.05) is 12.1 Å². The number of carbonyl (C=O) groups is 1. The van der Waals surface area contributed by atoms with Crippen molar-refractivity contribution in [2.75, 3.05) is 13.2 Å². The number of carbonyl (C=O) groups excluding carboxylic acids is 1. The lowest BCUT2D eigenvalue weighted by atomic mass is 9.97. The standard InChI is InChI=1S/C26H30N4O2S/c1-6-32-23(31)15-29-25(24(28-26(29)33)22-9-7-8-10-27-22)21-14-18(4)30(19(21)5)20-12-16(2)11-17(3)13-20/h7-14,24-25H,6,15H2,1-5H3,(H,28,33). The highest BCUT2D eigenvalue weighted by atomic mass is 32.1. The van der Waals surface area contributed by atoms with Crippen LogP contribution in [0.4, 0.5) is 0 Å². The number of nitrogens with zero attached hydrogens (tertiary/aromatic N) is 3. The van der Waals surface area contributed by atoms with Crippen molar-refractivity contribution in [3.05, 3.63) is 82.4 Å². The number of hydrogen-bond donors (Lipinski definition) is 1. The molecule has 4 rings (SSSR count). The monoisotopic (exact) mass is 462 g/mol. The van der Waals surface area contributed by atoms with Crippen molar-refractivity contribution in [2.24, 2.45) is 0 Å². The van der Waals surface area contributed by atoms with E-state index in [1.165, 1.54) is 11.1 Å². The molecule has 0 aliphatic carbocycles. The Kier molecular flexibility index (Phi) is 6.51. The van der Waals surface area contributed by atoms with E-state index in [9.17, 15) is 4.79 Å². The molecule has 1 aliphatic rings. The van der Waals surface area contributed by atoms with Crippen molar-refractivity contribution in [2.45, 2.75) is 46.7 Å². The van der Waals surface area contributed by atoms with Gasteiger partial charge in [0.05, 0.1) is 24.4 Å². The number of nitrogens with one attached hydrogen (secondary N) is 1. The zero-order valence-electron chi connectivity index (χ0n) is 19.8. The molecule has 2 aromatic heterocycles. The summed E-state index contributed by atoms with van der Waals surface area (Å²) in [6, 6.07) is 14.2. The molecule has 2 unspecified atom stereocenters. The summed E-state index contributed by atoms with van der Waals surface area (Å²) < 4.78 is 7.52. The number of aromatic nitrogens is 2. The summed E-state index contributed by atoms with van der Waals surface area (Å²) >= 11 is 5.68. The first kappa shape index (κ1) is 23.0. The summed E-state index contributed by atoms with van der Waals surface area (Å²) in [7, 11) is 0. The summed E-state index contributed by atoms with van der Waals surface area (Å²) in [4.78, 5) is 19.0. The van der Waals surface area contributed by atoms with Gasteiger partial charge in [0, 0.05) is 23.3 Å². The quantitative estimate of drug-likeness (QED) is 0.425. The number of esters is 1. The molecule has 1 fully saturated rings. The Balaban J connectivity index is 1.83. The van der Waals surface area contributed by atoms with Crippen molar-refractivity contribution in [3.63, 3.8) is 0 Å². The summed E-state index contributed by atoms with van der Waals surface area (Å²) in [5, 5.41) is 3.94. The highest BCUT2D eigenvalue weighted by Gasteiger charge is 2.42. The van der Waals surface area contributed by atoms with Crippen LogP contribution in [0.15, 0.2) is 48.7 Å². The van der Waals surface area contributed by atoms with E-state index in [1.807, 2.05) is 30.0 Å². The minimum Gasteiger partial charge on any atom is -0.465 e. The summed E-state index contributed by atoms with van der Waals surface area (Å²) in [6.07, 6.45) is 1.78. The lowest BCUT2D eigenvalue weighted by Gasteiger charge is -2.27. The highest BCUT2D eigenvalue weighted by molar-refractivity contribution is 7.80. The van der Waals surface area contributed by atoms with Crippen LogP contribution in [-0.2, 0) is 9.53 Å². The maximum Gasteiger partial charge on any atom is 0.325 e. The van der Waals surface area contributed by atoms with E-state index in [1.54, 1.807) is 6.20 Å². The number of aryl methyl sites for hydroxylation is 3. The molecular formula is C26H30N4O2S. The Labute approximate surface area is 200 Å². The maximum absolute atomic E-state index is 12.4. The fraction of sp³-hybridized carbons (Fsp3) is 0.346. The van der Waals surface area contributed by atoms with E-state index in [4.69, 9.17) is 17.0 Å². The lowest BCUT2D eigenvalue weighted by molar-refractivity contribution is -0.143. The molecule has 2 atom stereocenters. The molecule has 0 saturated carbocycles. The first-order valence-electron chi connectivity index (χ1n) is 11.2. The SMILES string of the molecule is CCOC(=O)CN1C(=S)NC(c2ccccn2)C1c1cc(C)n(-c2cc(C)cc(C)c2)c1C. The van der Waals surface area contributed by atoms with E-state index in [-0.39, 0.29) is 24.6 Å². The fourth-order valence-electron chi connectivity index (χ4n) is 4.82. The molecule has 3 aromatic rings. The van der Waals surface area contributed by atoms with E-state index in [0.717, 1.165) is 28.3 Å². The van der Waals surface area contributed by atoms with Gasteiger partial charge in [0.1, 0.15) is 6.54 Å². The molecule has 0 radical (unpaired) electrons. The molecule has 1 aromatic carbocycles. The zero-order valence-corrected chi connectivity index (χ0v) is 20.6. The molecule has 172 valence electrons. The van der Waals surface area contributed by atoms with Gasteiger partial charge in [0.2, 0.25) is 0 Å². The van der Waals surface area contributed by atoms with Crippen molar-refractivity contribution in [1.82, 2.24) is 19.8 Å². The predicted molar refractivity (Wildman–Crippen MR) is 134 cm³/mol. The van der Waals surface area contributed by atoms with Crippen LogP contribution in [0.5, 0.6) is 0 Å². The molecule has 1 N–H and O–H groups in total. The molecule has 0 amide bonds. The van der Waals surface area contributed by atoms with E-state index < -0.39 is 0 Å². The van der Waals surface area contributed by atoms with Crippen LogP contribution >= 0.6 is 12.2 Å². The van der Waals surface area contributed by atoms with Crippen molar-refractivity contribution >= 4 is 23.3 Å². The minimum atomic E-state index is -0.295. The first-order chi connectivity index (χ1) is 15.8. The molecular weight excluding hydrogens is 432 g/mol. The second-order valence-corrected chi connectivity index (χ2v) is 8.95. The van der Waals surface area contributed by atoms with Gasteiger partial charge in [0.15, 0.2) is 5.11 Å². The largest absolute Gasteiger partial charge is 0.465 e. The maximum atomic E-state index is 12.4. The summed E-state index contributed by atoms with van der Waals surface area (Å²) in [5.41, 5.74) is 7.81. The molecule has 1 saturated heterocycles. The van der Waals surface area contributed by atoms with Crippen LogP contribution in [0, 0.1) is 27.7 Å². The number of rotatable bonds is 6. The van der Waals surface area contributed by atoms with Gasteiger partial charge in [-0.2, -0.15) is 0 Å². The predicted octanol–water partition coefficient (Wildman–Crippen LogP) is 4.64. The summed E-state index contributed by atoms with van der Waals surface area (Å²) in [6.45, 7) is 10.7. The van der Waals surface area contributed by atoms with Gasteiger partial charge in [-0.25, -0.2) is 0 Å². The van der Waals surface area contributed by atoms with Crippen LogP contribution in [0.1, 0.15) is 52.8 Å². The minimum absolute atomic E-state index is 0.0842. The topological polar surface area (TPSA) is 59.4 Å². The highest BCUT2D eigenvalue weighted by Crippen LogP contribution is 2.41. The number of thiocarbonyl (C=S) groups is 1. The lowest BCUT2D eigenvalue weighted by Crippen LogP contribution is -2.35. The summed E-state index contributed by atoms with van der Waals surface area (Å²) in [5.74, 6) is -0.295. The van der Waals surface area contributed by atoms with Gasteiger partial charge in [-0.05, 0) is 93.9 Å². The zero-order chi connectivity index (χ0) is 23.7. The Morgan fingerprint density at radius 2 is 1.85 bits per heavy atom. The number of pyridine rings is 1. The molecule has 33 heavy (non-hydrogen) atoms. The van der Waals surface area contributed by atoms with Gasteiger partial charge in [-0.15, -0.1) is 0 Å². The Hall–Kier alpha value is -3.19. The van der Waals surface area contributed by atoms with Gasteiger partial charge >= 0.3 is 5.97 Å². The fourth-order valence-corrected chi connectivity index (χ4v) is 5.13. The Morgan fingerprint density at radius 1 is 1.12 bits per heavy atom. The van der Waals surface area contributed by atoms with E-state index in [2.05, 4.69) is 66.8 Å². The van der Waals surface area contributed by atoms with Crippen LogP contribution in [0.25, 0.3) is 5.69 Å². The van der Waals surface area contributed by atoms with Crippen LogP contribution in [0.3, 0.4) is 0 Å². The molecule has 0 spiro atoms. The Morgan fingerprint density at radius 3 is 2.48 bits per heavy atom. The second kappa shape index (κ2) is 9.35. The average Bonchev–Trinajstić information content (AvgIpc) is 3.23. The Bertz CT molecular complexity index is 1170. The molecule has 3 heterocycles. The average molecular weight is 463 g/mol. The smallest absolute Gasteiger partial charge is 0.325 e. The normalized spacial score (nSPS) is 17.8. The van der Waals surface area contributed by atoms with Crippen molar-refractivity contribution in [1.29, 1.82) is 0 Å².